The number of aromatic hydroxyl groups is 2. The number of hydrogen-bond donors (Lipinski definition) is 3. The van der Waals surface area contributed by atoms with Crippen molar-refractivity contribution in [1.82, 2.24) is 0 Å². The van der Waals surface area contributed by atoms with Gasteiger partial charge < -0.3 is 20.1 Å². The summed E-state index contributed by atoms with van der Waals surface area (Å²) in [7, 11) is 0. The van der Waals surface area contributed by atoms with Crippen LogP contribution in [0.1, 0.15) is 12.5 Å². The molecule has 138 valence electrons. The molecule has 1 heterocycles. The molecule has 0 fully saturated rings. The molecule has 0 saturated carbocycles. The Morgan fingerprint density at radius 3 is 2.56 bits per heavy atom. The van der Waals surface area contributed by atoms with Crippen molar-refractivity contribution >= 4 is 34.5 Å². The Morgan fingerprint density at radius 1 is 1.11 bits per heavy atom. The highest BCUT2D eigenvalue weighted by Gasteiger charge is 2.33. The molecule has 0 unspecified atom stereocenters. The largest absolute Gasteiger partial charge is 0.506 e. The lowest BCUT2D eigenvalue weighted by atomic mass is 10.1. The SMILES string of the molecule is CCOC(=O)C1=C(O)/C(=C\c2cccc(O)c2O)SC1=Nc1ccccc1. The van der Waals surface area contributed by atoms with Crippen LogP contribution in [0.4, 0.5) is 5.69 Å². The molecule has 3 rings (SSSR count). The van der Waals surface area contributed by atoms with Crippen LogP contribution in [0.25, 0.3) is 6.08 Å². The van der Waals surface area contributed by atoms with Gasteiger partial charge in [0, 0.05) is 5.56 Å². The lowest BCUT2D eigenvalue weighted by molar-refractivity contribution is -0.138. The monoisotopic (exact) mass is 383 g/mol. The van der Waals surface area contributed by atoms with Gasteiger partial charge in [-0.05, 0) is 31.2 Å². The molecule has 1 aliphatic heterocycles. The highest BCUT2D eigenvalue weighted by molar-refractivity contribution is 8.18. The zero-order valence-corrected chi connectivity index (χ0v) is 15.2. The zero-order valence-electron chi connectivity index (χ0n) is 14.4. The number of benzene rings is 2. The van der Waals surface area contributed by atoms with E-state index in [1.165, 1.54) is 12.1 Å². The van der Waals surface area contributed by atoms with Gasteiger partial charge in [0.25, 0.3) is 0 Å². The van der Waals surface area contributed by atoms with Crippen molar-refractivity contribution < 1.29 is 24.9 Å². The third-order valence-electron chi connectivity index (χ3n) is 3.69. The first kappa shape index (κ1) is 18.6. The van der Waals surface area contributed by atoms with E-state index in [1.54, 1.807) is 31.2 Å². The molecule has 0 aliphatic carbocycles. The molecule has 0 saturated heterocycles. The predicted molar refractivity (Wildman–Crippen MR) is 105 cm³/mol. The van der Waals surface area contributed by atoms with Crippen molar-refractivity contribution in [2.75, 3.05) is 6.61 Å². The third kappa shape index (κ3) is 3.98. The summed E-state index contributed by atoms with van der Waals surface area (Å²) in [6, 6.07) is 13.5. The minimum Gasteiger partial charge on any atom is -0.506 e. The van der Waals surface area contributed by atoms with E-state index in [1.807, 2.05) is 18.2 Å². The Balaban J connectivity index is 2.07. The van der Waals surface area contributed by atoms with Gasteiger partial charge in [-0.2, -0.15) is 0 Å². The number of rotatable bonds is 4. The predicted octanol–water partition coefficient (Wildman–Crippen LogP) is 4.29. The maximum Gasteiger partial charge on any atom is 0.344 e. The van der Waals surface area contributed by atoms with Gasteiger partial charge in [0.05, 0.1) is 17.2 Å². The molecule has 27 heavy (non-hydrogen) atoms. The summed E-state index contributed by atoms with van der Waals surface area (Å²) in [5.41, 5.74) is 0.890. The van der Waals surface area contributed by atoms with Gasteiger partial charge in [-0.3, -0.25) is 0 Å². The standard InChI is InChI=1S/C20H17NO5S/c1-2-26-20(25)16-18(24)15(11-12-7-6-10-14(22)17(12)23)27-19(16)21-13-8-4-3-5-9-13/h3-11,22-24H,2H2,1H3/b15-11+,21-19?. The zero-order chi connectivity index (χ0) is 19.4. The van der Waals surface area contributed by atoms with E-state index in [4.69, 9.17) is 4.74 Å². The molecule has 7 heteroatoms. The summed E-state index contributed by atoms with van der Waals surface area (Å²) in [6.45, 7) is 1.83. The van der Waals surface area contributed by atoms with Crippen LogP contribution in [0.3, 0.4) is 0 Å². The van der Waals surface area contributed by atoms with Crippen LogP contribution in [0.15, 0.2) is 69.8 Å². The second-order valence-corrected chi connectivity index (χ2v) is 6.55. The van der Waals surface area contributed by atoms with Crippen molar-refractivity contribution in [1.29, 1.82) is 0 Å². The van der Waals surface area contributed by atoms with Crippen LogP contribution in [-0.2, 0) is 9.53 Å². The number of phenols is 2. The number of aliphatic hydroxyl groups excluding tert-OH is 1. The van der Waals surface area contributed by atoms with E-state index < -0.39 is 5.97 Å². The first-order valence-corrected chi connectivity index (χ1v) is 8.98. The van der Waals surface area contributed by atoms with Crippen molar-refractivity contribution in [3.8, 4) is 11.5 Å². The molecule has 0 aromatic heterocycles. The van der Waals surface area contributed by atoms with Crippen molar-refractivity contribution in [2.45, 2.75) is 6.92 Å². The number of hydrogen-bond acceptors (Lipinski definition) is 7. The molecule has 0 bridgehead atoms. The summed E-state index contributed by atoms with van der Waals surface area (Å²) in [5, 5.41) is 30.5. The summed E-state index contributed by atoms with van der Waals surface area (Å²) in [5.74, 6) is -1.55. The van der Waals surface area contributed by atoms with E-state index in [9.17, 15) is 20.1 Å². The van der Waals surface area contributed by atoms with Crippen LogP contribution in [-0.4, -0.2) is 32.9 Å². The molecule has 0 amide bonds. The molecule has 3 N–H and O–H groups in total. The molecule has 0 spiro atoms. The van der Waals surface area contributed by atoms with Crippen LogP contribution < -0.4 is 0 Å². The van der Waals surface area contributed by atoms with Gasteiger partial charge in [-0.15, -0.1) is 0 Å². The van der Waals surface area contributed by atoms with E-state index in [0.717, 1.165) is 11.8 Å². The van der Waals surface area contributed by atoms with Crippen LogP contribution in [0.5, 0.6) is 11.5 Å². The third-order valence-corrected chi connectivity index (χ3v) is 4.71. The number of thioether (sulfide) groups is 1. The number of esters is 1. The van der Waals surface area contributed by atoms with E-state index in [0.29, 0.717) is 21.2 Å². The topological polar surface area (TPSA) is 99.4 Å². The second-order valence-electron chi connectivity index (χ2n) is 5.52. The molecular weight excluding hydrogens is 366 g/mol. The molecule has 1 aliphatic rings. The van der Waals surface area contributed by atoms with E-state index in [-0.39, 0.29) is 29.4 Å². The quantitative estimate of drug-likeness (QED) is 0.538. The Hall–Kier alpha value is -3.19. The average Bonchev–Trinajstić information content (AvgIpc) is 2.95. The first-order valence-electron chi connectivity index (χ1n) is 8.16. The highest BCUT2D eigenvalue weighted by atomic mass is 32.2. The number of aliphatic imine (C=N–C) groups is 1. The highest BCUT2D eigenvalue weighted by Crippen LogP contribution is 2.41. The Labute approximate surface area is 160 Å². The Morgan fingerprint density at radius 2 is 1.85 bits per heavy atom. The summed E-state index contributed by atoms with van der Waals surface area (Å²) in [4.78, 5) is 17.1. The Kier molecular flexibility index (Phi) is 5.52. The lowest BCUT2D eigenvalue weighted by Gasteiger charge is -2.03. The Bertz CT molecular complexity index is 964. The first-order chi connectivity index (χ1) is 13.0. The molecular formula is C20H17NO5S. The number of nitrogens with zero attached hydrogens (tertiary/aromatic N) is 1. The van der Waals surface area contributed by atoms with Crippen LogP contribution >= 0.6 is 11.8 Å². The van der Waals surface area contributed by atoms with Crippen LogP contribution in [0, 0.1) is 0 Å². The van der Waals surface area contributed by atoms with Gasteiger partial charge in [-0.1, -0.05) is 42.1 Å². The molecule has 0 atom stereocenters. The maximum absolute atomic E-state index is 12.3. The minimum atomic E-state index is -0.680. The average molecular weight is 383 g/mol. The summed E-state index contributed by atoms with van der Waals surface area (Å²) in [6.07, 6.45) is 1.47. The molecule has 6 nitrogen and oxygen atoms in total. The number of carbonyl (C=O) groups is 1. The number of para-hydroxylation sites is 2. The fraction of sp³-hybridized carbons (Fsp3) is 0.100. The van der Waals surface area contributed by atoms with Gasteiger partial charge >= 0.3 is 5.97 Å². The molecule has 2 aromatic rings. The molecule has 0 radical (unpaired) electrons. The number of phenolic OH excluding ortho intramolecular Hbond substituents is 2. The fourth-order valence-electron chi connectivity index (χ4n) is 2.42. The second kappa shape index (κ2) is 8.01. The van der Waals surface area contributed by atoms with E-state index >= 15 is 0 Å². The number of aliphatic hydroxyl groups is 1. The summed E-state index contributed by atoms with van der Waals surface area (Å²) < 4.78 is 5.04. The van der Waals surface area contributed by atoms with E-state index in [2.05, 4.69) is 4.99 Å². The number of ether oxygens (including phenoxy) is 1. The smallest absolute Gasteiger partial charge is 0.344 e. The van der Waals surface area contributed by atoms with Crippen molar-refractivity contribution in [3.05, 3.63) is 70.3 Å². The fourth-order valence-corrected chi connectivity index (χ4v) is 3.44. The van der Waals surface area contributed by atoms with Crippen molar-refractivity contribution in [3.63, 3.8) is 0 Å². The summed E-state index contributed by atoms with van der Waals surface area (Å²) >= 11 is 1.08. The van der Waals surface area contributed by atoms with Crippen LogP contribution in [0.2, 0.25) is 0 Å². The van der Waals surface area contributed by atoms with Gasteiger partial charge in [0.1, 0.15) is 16.4 Å². The number of carbonyl (C=O) groups excluding carboxylic acids is 1. The van der Waals surface area contributed by atoms with Gasteiger partial charge in [0.15, 0.2) is 11.5 Å². The maximum atomic E-state index is 12.3. The minimum absolute atomic E-state index is 0.0309. The lowest BCUT2D eigenvalue weighted by Crippen LogP contribution is -2.12. The van der Waals surface area contributed by atoms with Crippen molar-refractivity contribution in [2.24, 2.45) is 4.99 Å². The van der Waals surface area contributed by atoms with Gasteiger partial charge in [0.2, 0.25) is 0 Å². The normalized spacial score (nSPS) is 16.9. The van der Waals surface area contributed by atoms with Gasteiger partial charge in [-0.25, -0.2) is 9.79 Å². The molecule has 2 aromatic carbocycles.